The molecule has 0 unspecified atom stereocenters. The Kier molecular flexibility index (Phi) is 7.42. The lowest BCUT2D eigenvalue weighted by atomic mass is 10.1. The molecule has 0 saturated heterocycles. The number of ether oxygens (including phenoxy) is 2. The lowest BCUT2D eigenvalue weighted by molar-refractivity contribution is -0.147. The fourth-order valence-electron chi connectivity index (χ4n) is 2.93. The smallest absolute Gasteiger partial charge is 0.341 e. The first-order valence-corrected chi connectivity index (χ1v) is 10.8. The lowest BCUT2D eigenvalue weighted by Gasteiger charge is -2.07. The van der Waals surface area contributed by atoms with Gasteiger partial charge in [0, 0.05) is 16.9 Å². The monoisotopic (exact) mass is 456 g/mol. The minimum Gasteiger partial charge on any atom is -0.465 e. The van der Waals surface area contributed by atoms with Crippen LogP contribution in [0.25, 0.3) is 11.3 Å². The third-order valence-corrected chi connectivity index (χ3v) is 5.95. The second-order valence-electron chi connectivity index (χ2n) is 7.17. The number of aryl methyl sites for hydroxylation is 3. The van der Waals surface area contributed by atoms with Crippen LogP contribution in [0.2, 0.25) is 0 Å². The third-order valence-electron chi connectivity index (χ3n) is 4.82. The van der Waals surface area contributed by atoms with Gasteiger partial charge in [-0.1, -0.05) is 29.8 Å². The molecule has 0 aliphatic carbocycles. The van der Waals surface area contributed by atoms with Gasteiger partial charge in [-0.05, 0) is 26.3 Å². The average molecular weight is 457 g/mol. The number of benzene rings is 1. The summed E-state index contributed by atoms with van der Waals surface area (Å²) < 4.78 is 15.5. The summed E-state index contributed by atoms with van der Waals surface area (Å²) in [4.78, 5) is 41.3. The molecular weight excluding hydrogens is 432 g/mol. The van der Waals surface area contributed by atoms with Crippen LogP contribution in [0.4, 0.5) is 5.00 Å². The van der Waals surface area contributed by atoms with Crippen LogP contribution < -0.4 is 5.32 Å². The van der Waals surface area contributed by atoms with Gasteiger partial charge in [0.2, 0.25) is 0 Å². The first kappa shape index (κ1) is 23.2. The largest absolute Gasteiger partial charge is 0.465 e. The maximum Gasteiger partial charge on any atom is 0.341 e. The number of esters is 2. The number of anilines is 1. The molecule has 9 heteroatoms. The molecule has 0 spiro atoms. The van der Waals surface area contributed by atoms with E-state index in [1.54, 1.807) is 13.1 Å². The Morgan fingerprint density at radius 1 is 1.12 bits per heavy atom. The summed E-state index contributed by atoms with van der Waals surface area (Å²) in [5.74, 6) is -0.593. The van der Waals surface area contributed by atoms with Gasteiger partial charge >= 0.3 is 11.9 Å². The van der Waals surface area contributed by atoms with Gasteiger partial charge in [-0.25, -0.2) is 9.78 Å². The zero-order valence-electron chi connectivity index (χ0n) is 18.3. The van der Waals surface area contributed by atoms with Gasteiger partial charge in [-0.3, -0.25) is 9.59 Å². The molecule has 0 bridgehead atoms. The summed E-state index contributed by atoms with van der Waals surface area (Å²) >= 11 is 1.26. The van der Waals surface area contributed by atoms with Gasteiger partial charge in [0.15, 0.2) is 18.3 Å². The van der Waals surface area contributed by atoms with Crippen molar-refractivity contribution in [3.63, 3.8) is 0 Å². The number of hydrogen-bond donors (Lipinski definition) is 1. The molecule has 0 saturated carbocycles. The molecule has 8 nitrogen and oxygen atoms in total. The first-order valence-electron chi connectivity index (χ1n) is 9.94. The Labute approximate surface area is 189 Å². The maximum atomic E-state index is 12.2. The van der Waals surface area contributed by atoms with Crippen LogP contribution in [0.15, 0.2) is 34.9 Å². The fraction of sp³-hybridized carbons (Fsp3) is 0.304. The van der Waals surface area contributed by atoms with Crippen LogP contribution in [0.1, 0.15) is 38.7 Å². The third kappa shape index (κ3) is 5.61. The van der Waals surface area contributed by atoms with Crippen molar-refractivity contribution in [1.82, 2.24) is 4.98 Å². The van der Waals surface area contributed by atoms with Crippen molar-refractivity contribution in [2.24, 2.45) is 0 Å². The van der Waals surface area contributed by atoms with Gasteiger partial charge in [-0.15, -0.1) is 11.3 Å². The zero-order valence-corrected chi connectivity index (χ0v) is 19.1. The minimum atomic E-state index is -0.554. The second kappa shape index (κ2) is 10.2. The van der Waals surface area contributed by atoms with Gasteiger partial charge in [0.1, 0.15) is 5.00 Å². The molecule has 2 heterocycles. The van der Waals surface area contributed by atoms with Crippen LogP contribution in [-0.4, -0.2) is 36.5 Å². The Morgan fingerprint density at radius 2 is 1.84 bits per heavy atom. The summed E-state index contributed by atoms with van der Waals surface area (Å²) in [6.45, 7) is 5.16. The Morgan fingerprint density at radius 3 is 2.53 bits per heavy atom. The molecule has 3 rings (SSSR count). The molecular formula is C23H24N2O6S. The van der Waals surface area contributed by atoms with Crippen LogP contribution in [0, 0.1) is 20.8 Å². The van der Waals surface area contributed by atoms with Crippen LogP contribution in [-0.2, 0) is 25.5 Å². The Bertz CT molecular complexity index is 1130. The molecule has 0 fully saturated rings. The summed E-state index contributed by atoms with van der Waals surface area (Å²) in [6.07, 6.45) is 1.89. The molecule has 168 valence electrons. The van der Waals surface area contributed by atoms with E-state index in [1.165, 1.54) is 18.4 Å². The van der Waals surface area contributed by atoms with Crippen LogP contribution in [0.3, 0.4) is 0 Å². The van der Waals surface area contributed by atoms with Crippen molar-refractivity contribution < 1.29 is 28.3 Å². The minimum absolute atomic E-state index is 0.0196. The van der Waals surface area contributed by atoms with Crippen molar-refractivity contribution in [3.8, 4) is 11.3 Å². The predicted octanol–water partition coefficient (Wildman–Crippen LogP) is 4.23. The van der Waals surface area contributed by atoms with Crippen molar-refractivity contribution in [1.29, 1.82) is 0 Å². The normalized spacial score (nSPS) is 10.6. The highest BCUT2D eigenvalue weighted by molar-refractivity contribution is 7.16. The topological polar surface area (TPSA) is 108 Å². The number of carbonyl (C=O) groups is 3. The van der Waals surface area contributed by atoms with E-state index in [-0.39, 0.29) is 12.8 Å². The number of aromatic nitrogens is 1. The number of amides is 1. The number of thiophene rings is 1. The van der Waals surface area contributed by atoms with E-state index in [4.69, 9.17) is 13.9 Å². The van der Waals surface area contributed by atoms with Gasteiger partial charge in [0.25, 0.3) is 5.91 Å². The zero-order chi connectivity index (χ0) is 23.3. The highest BCUT2D eigenvalue weighted by Gasteiger charge is 2.22. The molecule has 3 aromatic rings. The van der Waals surface area contributed by atoms with Crippen molar-refractivity contribution in [2.45, 2.75) is 33.6 Å². The molecule has 0 aliphatic heterocycles. The van der Waals surface area contributed by atoms with E-state index >= 15 is 0 Å². The van der Waals surface area contributed by atoms with Gasteiger partial charge in [0.05, 0.1) is 25.3 Å². The van der Waals surface area contributed by atoms with E-state index in [9.17, 15) is 14.4 Å². The molecule has 2 aromatic heterocycles. The molecule has 0 aliphatic rings. The second-order valence-corrected chi connectivity index (χ2v) is 8.40. The van der Waals surface area contributed by atoms with E-state index in [0.29, 0.717) is 22.2 Å². The van der Waals surface area contributed by atoms with Crippen LogP contribution in [0.5, 0.6) is 0 Å². The number of nitrogens with one attached hydrogen (secondary N) is 1. The standard InChI is InChI=1S/C23H24N2O6S/c1-13-5-7-16(8-6-13)17-11-24-19(31-17)9-10-20(27)30-12-18(26)25-22-21(23(28)29-4)14(2)15(3)32-22/h5-8,11H,9-10,12H2,1-4H3,(H,25,26). The SMILES string of the molecule is COC(=O)c1c(NC(=O)COC(=O)CCc2ncc(-c3ccc(C)cc3)o2)sc(C)c1C. The Balaban J connectivity index is 1.48. The summed E-state index contributed by atoms with van der Waals surface area (Å²) in [5, 5.41) is 2.98. The number of methoxy groups -OCH3 is 1. The molecule has 1 aromatic carbocycles. The first-order chi connectivity index (χ1) is 15.3. The quantitative estimate of drug-likeness (QED) is 0.505. The van der Waals surface area contributed by atoms with Gasteiger partial charge in [-0.2, -0.15) is 0 Å². The maximum absolute atomic E-state index is 12.2. The highest BCUT2D eigenvalue weighted by Crippen LogP contribution is 2.32. The average Bonchev–Trinajstić information content (AvgIpc) is 3.35. The van der Waals surface area contributed by atoms with Crippen molar-refractivity contribution in [3.05, 3.63) is 57.9 Å². The molecule has 0 radical (unpaired) electrons. The predicted molar refractivity (Wildman–Crippen MR) is 120 cm³/mol. The molecule has 0 atom stereocenters. The summed E-state index contributed by atoms with van der Waals surface area (Å²) in [7, 11) is 1.28. The van der Waals surface area contributed by atoms with Crippen LogP contribution >= 0.6 is 11.3 Å². The lowest BCUT2D eigenvalue weighted by Crippen LogP contribution is -2.21. The number of hydrogen-bond acceptors (Lipinski definition) is 8. The van der Waals surface area contributed by atoms with E-state index in [0.717, 1.165) is 21.6 Å². The molecule has 1 N–H and O–H groups in total. The van der Waals surface area contributed by atoms with E-state index in [2.05, 4.69) is 10.3 Å². The number of carbonyl (C=O) groups excluding carboxylic acids is 3. The molecule has 32 heavy (non-hydrogen) atoms. The van der Waals surface area contributed by atoms with E-state index in [1.807, 2.05) is 38.1 Å². The summed E-state index contributed by atoms with van der Waals surface area (Å²) in [5.41, 5.74) is 3.10. The fourth-order valence-corrected chi connectivity index (χ4v) is 3.99. The van der Waals surface area contributed by atoms with Crippen molar-refractivity contribution >= 4 is 34.2 Å². The number of nitrogens with zero attached hydrogens (tertiary/aromatic N) is 1. The number of rotatable bonds is 8. The van der Waals surface area contributed by atoms with E-state index < -0.39 is 24.5 Å². The van der Waals surface area contributed by atoms with Gasteiger partial charge < -0.3 is 19.2 Å². The van der Waals surface area contributed by atoms with Crippen molar-refractivity contribution in [2.75, 3.05) is 19.0 Å². The highest BCUT2D eigenvalue weighted by atomic mass is 32.1. The molecule has 1 amide bonds. The number of oxazole rings is 1. The Hall–Kier alpha value is -3.46. The summed E-state index contributed by atoms with van der Waals surface area (Å²) in [6, 6.07) is 7.84.